The first-order valence-corrected chi connectivity index (χ1v) is 5.34. The van der Waals surface area contributed by atoms with Crippen LogP contribution in [0.1, 0.15) is 11.5 Å². The third-order valence-electron chi connectivity index (χ3n) is 2.40. The molecule has 4 heteroatoms. The predicted octanol–water partition coefficient (Wildman–Crippen LogP) is 3.17. The number of furan rings is 1. The van der Waals surface area contributed by atoms with Gasteiger partial charge >= 0.3 is 0 Å². The first kappa shape index (κ1) is 9.48. The van der Waals surface area contributed by atoms with E-state index < -0.39 is 0 Å². The SMILES string of the molecule is Clc1ccc2nc(Cc3ccco3)cn2c1. The van der Waals surface area contributed by atoms with Crippen LogP contribution < -0.4 is 0 Å². The maximum absolute atomic E-state index is 5.90. The lowest BCUT2D eigenvalue weighted by molar-refractivity contribution is 0.519. The molecule has 0 aliphatic carbocycles. The van der Waals surface area contributed by atoms with Gasteiger partial charge in [0.15, 0.2) is 0 Å². The first-order chi connectivity index (χ1) is 7.81. The van der Waals surface area contributed by atoms with Crippen LogP contribution in [0.5, 0.6) is 0 Å². The number of hydrogen-bond donors (Lipinski definition) is 0. The van der Waals surface area contributed by atoms with Gasteiger partial charge in [0.25, 0.3) is 0 Å². The van der Waals surface area contributed by atoms with Crippen LogP contribution in [0.15, 0.2) is 47.3 Å². The second-order valence-electron chi connectivity index (χ2n) is 3.60. The van der Waals surface area contributed by atoms with Crippen molar-refractivity contribution >= 4 is 17.2 Å². The number of aromatic nitrogens is 2. The maximum atomic E-state index is 5.90. The topological polar surface area (TPSA) is 30.4 Å². The molecule has 0 saturated heterocycles. The van der Waals surface area contributed by atoms with Crippen LogP contribution in [0.3, 0.4) is 0 Å². The van der Waals surface area contributed by atoms with Crippen LogP contribution in [-0.4, -0.2) is 9.38 Å². The molecule has 0 spiro atoms. The number of rotatable bonds is 2. The van der Waals surface area contributed by atoms with Gasteiger partial charge in [0.05, 0.1) is 17.0 Å². The summed E-state index contributed by atoms with van der Waals surface area (Å²) < 4.78 is 7.20. The Bertz CT molecular complexity index is 613. The molecule has 0 atom stereocenters. The Balaban J connectivity index is 1.99. The average molecular weight is 233 g/mol. The molecule has 3 rings (SSSR count). The predicted molar refractivity (Wildman–Crippen MR) is 61.7 cm³/mol. The van der Waals surface area contributed by atoms with Gasteiger partial charge in [-0.05, 0) is 24.3 Å². The summed E-state index contributed by atoms with van der Waals surface area (Å²) in [5.41, 5.74) is 1.86. The molecule has 0 aliphatic rings. The Morgan fingerprint density at radius 2 is 2.19 bits per heavy atom. The summed E-state index contributed by atoms with van der Waals surface area (Å²) in [6.45, 7) is 0. The highest BCUT2D eigenvalue weighted by molar-refractivity contribution is 6.30. The molecule has 0 N–H and O–H groups in total. The zero-order chi connectivity index (χ0) is 11.0. The molecule has 3 heterocycles. The quantitative estimate of drug-likeness (QED) is 0.679. The lowest BCUT2D eigenvalue weighted by Gasteiger charge is -1.91. The number of fused-ring (bicyclic) bond motifs is 1. The minimum absolute atomic E-state index is 0.701. The molecule has 80 valence electrons. The molecule has 0 aromatic carbocycles. The highest BCUT2D eigenvalue weighted by atomic mass is 35.5. The fraction of sp³-hybridized carbons (Fsp3) is 0.0833. The molecular weight excluding hydrogens is 224 g/mol. The number of hydrogen-bond acceptors (Lipinski definition) is 2. The molecule has 0 unspecified atom stereocenters. The van der Waals surface area contributed by atoms with Gasteiger partial charge in [-0.3, -0.25) is 0 Å². The van der Waals surface area contributed by atoms with E-state index in [1.807, 2.05) is 41.1 Å². The van der Waals surface area contributed by atoms with E-state index in [2.05, 4.69) is 4.98 Å². The molecule has 3 aromatic rings. The lowest BCUT2D eigenvalue weighted by Crippen LogP contribution is -1.84. The van der Waals surface area contributed by atoms with Crippen molar-refractivity contribution in [2.75, 3.05) is 0 Å². The van der Waals surface area contributed by atoms with Gasteiger partial charge in [-0.1, -0.05) is 11.6 Å². The Morgan fingerprint density at radius 3 is 3.00 bits per heavy atom. The maximum Gasteiger partial charge on any atom is 0.137 e. The number of pyridine rings is 1. The van der Waals surface area contributed by atoms with E-state index in [1.54, 1.807) is 6.26 Å². The van der Waals surface area contributed by atoms with E-state index in [-0.39, 0.29) is 0 Å². The summed E-state index contributed by atoms with van der Waals surface area (Å²) in [5.74, 6) is 0.912. The Labute approximate surface area is 97.3 Å². The standard InChI is InChI=1S/C12H9ClN2O/c13-9-3-4-12-14-10(8-15(12)7-9)6-11-2-1-5-16-11/h1-5,7-8H,6H2. The van der Waals surface area contributed by atoms with Crippen molar-refractivity contribution in [1.29, 1.82) is 0 Å². The summed E-state index contributed by atoms with van der Waals surface area (Å²) in [6.07, 6.45) is 6.17. The normalized spacial score (nSPS) is 11.1. The van der Waals surface area contributed by atoms with E-state index in [0.29, 0.717) is 11.4 Å². The molecule has 16 heavy (non-hydrogen) atoms. The van der Waals surface area contributed by atoms with Gasteiger partial charge in [-0.15, -0.1) is 0 Å². The largest absolute Gasteiger partial charge is 0.469 e. The summed E-state index contributed by atoms with van der Waals surface area (Å²) in [6, 6.07) is 7.55. The molecule has 3 nitrogen and oxygen atoms in total. The Hall–Kier alpha value is -1.74. The second kappa shape index (κ2) is 3.68. The third-order valence-corrected chi connectivity index (χ3v) is 2.62. The third kappa shape index (κ3) is 1.70. The van der Waals surface area contributed by atoms with Crippen molar-refractivity contribution in [2.45, 2.75) is 6.42 Å². The molecule has 0 fully saturated rings. The van der Waals surface area contributed by atoms with Crippen LogP contribution in [0.25, 0.3) is 5.65 Å². The van der Waals surface area contributed by atoms with Crippen molar-refractivity contribution in [2.24, 2.45) is 0 Å². The van der Waals surface area contributed by atoms with Gasteiger partial charge in [-0.2, -0.15) is 0 Å². The van der Waals surface area contributed by atoms with Gasteiger partial charge in [0, 0.05) is 18.8 Å². The van der Waals surface area contributed by atoms with Crippen LogP contribution in [0, 0.1) is 0 Å². The van der Waals surface area contributed by atoms with Crippen molar-refractivity contribution < 1.29 is 4.42 Å². The highest BCUT2D eigenvalue weighted by Crippen LogP contribution is 2.14. The van der Waals surface area contributed by atoms with Crippen LogP contribution in [0.2, 0.25) is 5.02 Å². The monoisotopic (exact) mass is 232 g/mol. The molecule has 3 aromatic heterocycles. The molecule has 0 saturated carbocycles. The van der Waals surface area contributed by atoms with E-state index in [0.717, 1.165) is 17.1 Å². The molecule has 0 aliphatic heterocycles. The van der Waals surface area contributed by atoms with E-state index in [1.165, 1.54) is 0 Å². The number of nitrogens with zero attached hydrogens (tertiary/aromatic N) is 2. The minimum Gasteiger partial charge on any atom is -0.469 e. The highest BCUT2D eigenvalue weighted by Gasteiger charge is 2.04. The van der Waals surface area contributed by atoms with Crippen molar-refractivity contribution in [1.82, 2.24) is 9.38 Å². The fourth-order valence-electron chi connectivity index (χ4n) is 1.69. The zero-order valence-corrected chi connectivity index (χ0v) is 9.19. The molecule has 0 amide bonds. The molecule has 0 bridgehead atoms. The van der Waals surface area contributed by atoms with Crippen LogP contribution >= 0.6 is 11.6 Å². The van der Waals surface area contributed by atoms with Gasteiger partial charge in [0.2, 0.25) is 0 Å². The number of imidazole rings is 1. The van der Waals surface area contributed by atoms with Crippen molar-refractivity contribution in [3.05, 3.63) is 59.4 Å². The summed E-state index contributed by atoms with van der Waals surface area (Å²) in [4.78, 5) is 4.47. The van der Waals surface area contributed by atoms with E-state index in [4.69, 9.17) is 16.0 Å². The minimum atomic E-state index is 0.701. The van der Waals surface area contributed by atoms with Gasteiger partial charge < -0.3 is 8.82 Å². The second-order valence-corrected chi connectivity index (χ2v) is 4.04. The smallest absolute Gasteiger partial charge is 0.137 e. The van der Waals surface area contributed by atoms with Crippen molar-refractivity contribution in [3.8, 4) is 0 Å². The summed E-state index contributed by atoms with van der Waals surface area (Å²) in [7, 11) is 0. The number of halogens is 1. The van der Waals surface area contributed by atoms with Gasteiger partial charge in [0.1, 0.15) is 11.4 Å². The van der Waals surface area contributed by atoms with E-state index >= 15 is 0 Å². The lowest BCUT2D eigenvalue weighted by atomic mass is 10.3. The van der Waals surface area contributed by atoms with Crippen LogP contribution in [0.4, 0.5) is 0 Å². The average Bonchev–Trinajstić information content (AvgIpc) is 2.86. The van der Waals surface area contributed by atoms with E-state index in [9.17, 15) is 0 Å². The Morgan fingerprint density at radius 1 is 1.25 bits per heavy atom. The molecule has 0 radical (unpaired) electrons. The summed E-state index contributed by atoms with van der Waals surface area (Å²) in [5, 5.41) is 0.703. The fourth-order valence-corrected chi connectivity index (χ4v) is 1.86. The molecular formula is C12H9ClN2O. The first-order valence-electron chi connectivity index (χ1n) is 4.97. The van der Waals surface area contributed by atoms with Gasteiger partial charge in [-0.25, -0.2) is 4.98 Å². The van der Waals surface area contributed by atoms with Crippen molar-refractivity contribution in [3.63, 3.8) is 0 Å². The van der Waals surface area contributed by atoms with Crippen LogP contribution in [-0.2, 0) is 6.42 Å². The summed E-state index contributed by atoms with van der Waals surface area (Å²) >= 11 is 5.90. The zero-order valence-electron chi connectivity index (χ0n) is 8.43. The Kier molecular flexibility index (Phi) is 2.18.